The molecule has 1 atom stereocenters. The van der Waals surface area contributed by atoms with Crippen LogP contribution in [0.5, 0.6) is 0 Å². The lowest BCUT2D eigenvalue weighted by atomic mass is 10.1. The molecule has 5 heteroatoms. The van der Waals surface area contributed by atoms with E-state index in [-0.39, 0.29) is 0 Å². The Labute approximate surface area is 132 Å². The molecular formula is C17H26N2O3. The highest BCUT2D eigenvalue weighted by Gasteiger charge is 2.19. The van der Waals surface area contributed by atoms with Gasteiger partial charge in [-0.15, -0.1) is 0 Å². The van der Waals surface area contributed by atoms with Gasteiger partial charge in [0, 0.05) is 24.8 Å². The van der Waals surface area contributed by atoms with Crippen LogP contribution in [0.15, 0.2) is 24.3 Å². The van der Waals surface area contributed by atoms with Crippen molar-refractivity contribution in [2.24, 2.45) is 0 Å². The fourth-order valence-corrected chi connectivity index (χ4v) is 2.40. The molecule has 0 aliphatic carbocycles. The van der Waals surface area contributed by atoms with Gasteiger partial charge in [0.15, 0.2) is 0 Å². The summed E-state index contributed by atoms with van der Waals surface area (Å²) in [5.41, 5.74) is 1.77. The van der Waals surface area contributed by atoms with Gasteiger partial charge < -0.3 is 19.7 Å². The lowest BCUT2D eigenvalue weighted by Crippen LogP contribution is -2.43. The predicted molar refractivity (Wildman–Crippen MR) is 87.1 cm³/mol. The van der Waals surface area contributed by atoms with Crippen LogP contribution >= 0.6 is 0 Å². The summed E-state index contributed by atoms with van der Waals surface area (Å²) >= 11 is 0. The molecular weight excluding hydrogens is 280 g/mol. The van der Waals surface area contributed by atoms with Crippen molar-refractivity contribution in [3.05, 3.63) is 29.8 Å². The maximum Gasteiger partial charge on any atom is 0.407 e. The van der Waals surface area contributed by atoms with Crippen LogP contribution in [0.1, 0.15) is 33.3 Å². The van der Waals surface area contributed by atoms with Gasteiger partial charge in [-0.05, 0) is 45.4 Å². The van der Waals surface area contributed by atoms with E-state index in [1.165, 1.54) is 5.69 Å². The second-order valence-corrected chi connectivity index (χ2v) is 6.64. The van der Waals surface area contributed by atoms with E-state index in [9.17, 15) is 4.79 Å². The van der Waals surface area contributed by atoms with Gasteiger partial charge in [0.25, 0.3) is 0 Å². The standard InChI is InChI=1S/C17H26N2O3/c1-13-12-21-10-9-19(13)15-7-5-14(6-8-15)11-18-16(20)22-17(2,3)4/h5-8,13H,9-12H2,1-4H3,(H,18,20). The van der Waals surface area contributed by atoms with E-state index in [1.54, 1.807) is 0 Å². The van der Waals surface area contributed by atoms with Crippen LogP contribution in [0.25, 0.3) is 0 Å². The number of nitrogens with zero attached hydrogens (tertiary/aromatic N) is 1. The molecule has 1 amide bonds. The van der Waals surface area contributed by atoms with E-state index in [0.717, 1.165) is 25.3 Å². The molecule has 1 aliphatic rings. The topological polar surface area (TPSA) is 50.8 Å². The average Bonchev–Trinajstić information content (AvgIpc) is 2.45. The Kier molecular flexibility index (Phi) is 5.29. The summed E-state index contributed by atoms with van der Waals surface area (Å²) in [5, 5.41) is 2.77. The van der Waals surface area contributed by atoms with Gasteiger partial charge >= 0.3 is 6.09 Å². The predicted octanol–water partition coefficient (Wildman–Crippen LogP) is 2.94. The average molecular weight is 306 g/mol. The molecule has 1 unspecified atom stereocenters. The van der Waals surface area contributed by atoms with Gasteiger partial charge in [-0.1, -0.05) is 12.1 Å². The molecule has 1 saturated heterocycles. The molecule has 1 heterocycles. The number of nitrogens with one attached hydrogen (secondary N) is 1. The largest absolute Gasteiger partial charge is 0.444 e. The highest BCUT2D eigenvalue weighted by molar-refractivity contribution is 5.67. The summed E-state index contributed by atoms with van der Waals surface area (Å²) in [6.07, 6.45) is -0.390. The minimum Gasteiger partial charge on any atom is -0.444 e. The molecule has 122 valence electrons. The van der Waals surface area contributed by atoms with Crippen molar-refractivity contribution >= 4 is 11.8 Å². The number of ether oxygens (including phenoxy) is 2. The fourth-order valence-electron chi connectivity index (χ4n) is 2.40. The third-order valence-electron chi connectivity index (χ3n) is 3.47. The van der Waals surface area contributed by atoms with E-state index in [1.807, 2.05) is 32.9 Å². The molecule has 0 bridgehead atoms. The van der Waals surface area contributed by atoms with Crippen LogP contribution in [0.2, 0.25) is 0 Å². The molecule has 1 fully saturated rings. The summed E-state index contributed by atoms with van der Waals surface area (Å²) < 4.78 is 10.7. The zero-order valence-electron chi connectivity index (χ0n) is 13.9. The van der Waals surface area contributed by atoms with Crippen molar-refractivity contribution in [3.63, 3.8) is 0 Å². The molecule has 1 aliphatic heterocycles. The highest BCUT2D eigenvalue weighted by atomic mass is 16.6. The zero-order valence-corrected chi connectivity index (χ0v) is 13.9. The number of amides is 1. The van der Waals surface area contributed by atoms with Crippen molar-refractivity contribution in [2.45, 2.75) is 45.9 Å². The normalized spacial score (nSPS) is 18.9. The Balaban J connectivity index is 1.88. The summed E-state index contributed by atoms with van der Waals surface area (Å²) in [6.45, 7) is 10.6. The first-order valence-electron chi connectivity index (χ1n) is 7.75. The summed E-state index contributed by atoms with van der Waals surface area (Å²) in [4.78, 5) is 14.0. The van der Waals surface area contributed by atoms with Crippen molar-refractivity contribution < 1.29 is 14.3 Å². The summed E-state index contributed by atoms with van der Waals surface area (Å²) in [7, 11) is 0. The number of rotatable bonds is 3. The zero-order chi connectivity index (χ0) is 16.2. The smallest absolute Gasteiger partial charge is 0.407 e. The third kappa shape index (κ3) is 4.91. The Morgan fingerprint density at radius 3 is 2.64 bits per heavy atom. The number of hydrogen-bond acceptors (Lipinski definition) is 4. The quantitative estimate of drug-likeness (QED) is 0.933. The molecule has 0 radical (unpaired) electrons. The lowest BCUT2D eigenvalue weighted by Gasteiger charge is -2.35. The van der Waals surface area contributed by atoms with Gasteiger partial charge in [-0.25, -0.2) is 4.79 Å². The molecule has 1 aromatic carbocycles. The van der Waals surface area contributed by atoms with Crippen molar-refractivity contribution in [3.8, 4) is 0 Å². The first-order chi connectivity index (χ1) is 10.3. The van der Waals surface area contributed by atoms with E-state index in [2.05, 4.69) is 29.3 Å². The van der Waals surface area contributed by atoms with E-state index < -0.39 is 11.7 Å². The van der Waals surface area contributed by atoms with Crippen molar-refractivity contribution in [2.75, 3.05) is 24.7 Å². The maximum absolute atomic E-state index is 11.6. The molecule has 0 spiro atoms. The van der Waals surface area contributed by atoms with Gasteiger partial charge in [-0.2, -0.15) is 0 Å². The van der Waals surface area contributed by atoms with Crippen LogP contribution in [-0.2, 0) is 16.0 Å². The van der Waals surface area contributed by atoms with Crippen LogP contribution in [0.4, 0.5) is 10.5 Å². The number of hydrogen-bond donors (Lipinski definition) is 1. The Bertz CT molecular complexity index is 494. The number of anilines is 1. The van der Waals surface area contributed by atoms with E-state index in [4.69, 9.17) is 9.47 Å². The summed E-state index contributed by atoms with van der Waals surface area (Å²) in [6, 6.07) is 8.64. The van der Waals surface area contributed by atoms with E-state index >= 15 is 0 Å². The first-order valence-corrected chi connectivity index (χ1v) is 7.75. The second-order valence-electron chi connectivity index (χ2n) is 6.64. The second kappa shape index (κ2) is 7.01. The molecule has 0 saturated carbocycles. The van der Waals surface area contributed by atoms with Crippen molar-refractivity contribution in [1.82, 2.24) is 5.32 Å². The first kappa shape index (κ1) is 16.6. The number of morpholine rings is 1. The Morgan fingerprint density at radius 1 is 1.36 bits per heavy atom. The van der Waals surface area contributed by atoms with E-state index in [0.29, 0.717) is 12.6 Å². The number of carbonyl (C=O) groups excluding carboxylic acids is 1. The van der Waals surface area contributed by atoms with Gasteiger partial charge in [0.2, 0.25) is 0 Å². The minimum atomic E-state index is -0.472. The van der Waals surface area contributed by atoms with Crippen LogP contribution in [0, 0.1) is 0 Å². The third-order valence-corrected chi connectivity index (χ3v) is 3.47. The lowest BCUT2D eigenvalue weighted by molar-refractivity contribution is 0.0523. The molecule has 1 N–H and O–H groups in total. The molecule has 2 rings (SSSR count). The Morgan fingerprint density at radius 2 is 2.05 bits per heavy atom. The summed E-state index contributed by atoms with van der Waals surface area (Å²) in [5.74, 6) is 0. The molecule has 1 aromatic rings. The molecule has 0 aromatic heterocycles. The number of alkyl carbamates (subject to hydrolysis) is 1. The number of benzene rings is 1. The molecule has 22 heavy (non-hydrogen) atoms. The van der Waals surface area contributed by atoms with Crippen molar-refractivity contribution in [1.29, 1.82) is 0 Å². The minimum absolute atomic E-state index is 0.388. The van der Waals surface area contributed by atoms with Crippen LogP contribution in [0.3, 0.4) is 0 Å². The maximum atomic E-state index is 11.6. The monoisotopic (exact) mass is 306 g/mol. The van der Waals surface area contributed by atoms with Gasteiger partial charge in [0.05, 0.1) is 13.2 Å². The SMILES string of the molecule is CC1COCCN1c1ccc(CNC(=O)OC(C)(C)C)cc1. The van der Waals surface area contributed by atoms with Crippen LogP contribution in [-0.4, -0.2) is 37.5 Å². The highest BCUT2D eigenvalue weighted by Crippen LogP contribution is 2.20. The fraction of sp³-hybridized carbons (Fsp3) is 0.588. The number of carbonyl (C=O) groups is 1. The van der Waals surface area contributed by atoms with Gasteiger partial charge in [-0.3, -0.25) is 0 Å². The van der Waals surface area contributed by atoms with Crippen LogP contribution < -0.4 is 10.2 Å². The van der Waals surface area contributed by atoms with Gasteiger partial charge in [0.1, 0.15) is 5.60 Å². The Hall–Kier alpha value is -1.75. The molecule has 5 nitrogen and oxygen atoms in total.